The number of aryl methyl sites for hydroxylation is 1. The van der Waals surface area contributed by atoms with Gasteiger partial charge in [0.15, 0.2) is 17.5 Å². The van der Waals surface area contributed by atoms with Crippen LogP contribution in [0, 0.1) is 23.3 Å². The Kier molecular flexibility index (Phi) is 8.25. The maximum atomic E-state index is 15.4. The summed E-state index contributed by atoms with van der Waals surface area (Å²) in [5, 5.41) is -0.836. The second kappa shape index (κ2) is 11.9. The summed E-state index contributed by atoms with van der Waals surface area (Å²) in [7, 11) is 0. The Morgan fingerprint density at radius 2 is 1.49 bits per heavy atom. The van der Waals surface area contributed by atoms with E-state index in [1.807, 2.05) is 4.90 Å². The average Bonchev–Trinajstić information content (AvgIpc) is 3.27. The Morgan fingerprint density at radius 3 is 2.14 bits per heavy atom. The van der Waals surface area contributed by atoms with Gasteiger partial charge >= 0.3 is 5.97 Å². The van der Waals surface area contributed by atoms with Gasteiger partial charge in [-0.1, -0.05) is 12.8 Å². The number of aromatic nitrogens is 2. The van der Waals surface area contributed by atoms with Gasteiger partial charge in [0.25, 0.3) is 5.91 Å². The molecular formula is C30H28F4N4O5. The summed E-state index contributed by atoms with van der Waals surface area (Å²) in [6, 6.07) is 3.05. The number of pyridine rings is 2. The zero-order valence-corrected chi connectivity index (χ0v) is 23.4. The third-order valence-corrected chi connectivity index (χ3v) is 7.52. The fourth-order valence-electron chi connectivity index (χ4n) is 5.38. The van der Waals surface area contributed by atoms with Crippen molar-refractivity contribution in [2.75, 3.05) is 30.0 Å². The molecule has 1 saturated heterocycles. The maximum absolute atomic E-state index is 15.4. The maximum Gasteiger partial charge on any atom is 0.343 e. The third-order valence-electron chi connectivity index (χ3n) is 7.52. The number of anilines is 1. The number of amides is 1. The molecule has 1 N–H and O–H groups in total. The number of ether oxygens (including phenoxy) is 1. The lowest BCUT2D eigenvalue weighted by atomic mass is 10.1. The van der Waals surface area contributed by atoms with Gasteiger partial charge in [0.1, 0.15) is 22.5 Å². The van der Waals surface area contributed by atoms with E-state index in [4.69, 9.17) is 4.74 Å². The highest BCUT2D eigenvalue weighted by Crippen LogP contribution is 2.28. The minimum atomic E-state index is -1.92. The van der Waals surface area contributed by atoms with Crippen molar-refractivity contribution in [1.82, 2.24) is 9.24 Å². The summed E-state index contributed by atoms with van der Waals surface area (Å²) >= 11 is 0. The summed E-state index contributed by atoms with van der Waals surface area (Å²) in [5.74, 6) is -8.35. The number of rotatable bonds is 6. The molecule has 1 fully saturated rings. The fourth-order valence-corrected chi connectivity index (χ4v) is 5.38. The second-order valence-corrected chi connectivity index (χ2v) is 10.2. The largest absolute Gasteiger partial charge is 0.462 e. The number of halogens is 4. The van der Waals surface area contributed by atoms with Crippen LogP contribution < -0.4 is 21.2 Å². The van der Waals surface area contributed by atoms with Crippen molar-refractivity contribution in [3.63, 3.8) is 0 Å². The highest BCUT2D eigenvalue weighted by atomic mass is 19.2. The minimum Gasteiger partial charge on any atom is -0.462 e. The number of carbonyl (C=O) groups is 2. The van der Waals surface area contributed by atoms with Crippen molar-refractivity contribution in [2.24, 2.45) is 0 Å². The number of benzene rings is 2. The van der Waals surface area contributed by atoms with Gasteiger partial charge in [-0.2, -0.15) is 0 Å². The molecule has 0 spiro atoms. The van der Waals surface area contributed by atoms with Crippen molar-refractivity contribution in [3.05, 3.63) is 85.4 Å². The molecule has 1 amide bonds. The zero-order chi connectivity index (χ0) is 31.0. The van der Waals surface area contributed by atoms with E-state index >= 15 is 4.39 Å². The molecule has 2 aromatic carbocycles. The second-order valence-electron chi connectivity index (χ2n) is 10.2. The molecule has 3 heterocycles. The number of hydrogen-bond donors (Lipinski definition) is 1. The van der Waals surface area contributed by atoms with Crippen molar-refractivity contribution in [3.8, 4) is 0 Å². The van der Waals surface area contributed by atoms with Gasteiger partial charge in [0, 0.05) is 37.4 Å². The molecule has 5 rings (SSSR count). The number of hydrogen-bond acceptors (Lipinski definition) is 6. The van der Waals surface area contributed by atoms with Crippen LogP contribution in [0.5, 0.6) is 0 Å². The summed E-state index contributed by atoms with van der Waals surface area (Å²) in [5.41, 5.74) is -1.14. The normalized spacial score (nSPS) is 13.8. The van der Waals surface area contributed by atoms with Gasteiger partial charge in [-0.05, 0) is 44.9 Å². The molecule has 226 valence electrons. The molecule has 1 aliphatic heterocycles. The lowest BCUT2D eigenvalue weighted by Gasteiger charge is -2.24. The van der Waals surface area contributed by atoms with Crippen LogP contribution in [0.25, 0.3) is 21.8 Å². The van der Waals surface area contributed by atoms with Gasteiger partial charge in [-0.3, -0.25) is 24.5 Å². The SMILES string of the molecule is CCOC(=O)c1cn(NC(=O)c2cn(CC)c3cc(N4CCCCCC4)c(F)cc3c2=O)c2c(F)c(F)c(F)cc2c1=O. The summed E-state index contributed by atoms with van der Waals surface area (Å²) in [6.07, 6.45) is 5.85. The monoisotopic (exact) mass is 600 g/mol. The van der Waals surface area contributed by atoms with Gasteiger partial charge in [0.05, 0.1) is 23.2 Å². The molecule has 0 radical (unpaired) electrons. The quantitative estimate of drug-likeness (QED) is 0.193. The predicted octanol–water partition coefficient (Wildman–Crippen LogP) is 4.83. The van der Waals surface area contributed by atoms with E-state index in [-0.39, 0.29) is 18.5 Å². The van der Waals surface area contributed by atoms with E-state index in [9.17, 15) is 32.3 Å². The van der Waals surface area contributed by atoms with E-state index in [2.05, 4.69) is 5.43 Å². The Morgan fingerprint density at radius 1 is 0.837 bits per heavy atom. The van der Waals surface area contributed by atoms with Crippen LogP contribution in [0.2, 0.25) is 0 Å². The van der Waals surface area contributed by atoms with E-state index < -0.39 is 68.0 Å². The van der Waals surface area contributed by atoms with Crippen LogP contribution >= 0.6 is 0 Å². The van der Waals surface area contributed by atoms with E-state index in [1.54, 1.807) is 17.6 Å². The van der Waals surface area contributed by atoms with Crippen LogP contribution in [0.4, 0.5) is 23.2 Å². The summed E-state index contributed by atoms with van der Waals surface area (Å²) in [4.78, 5) is 54.2. The van der Waals surface area contributed by atoms with Crippen molar-refractivity contribution >= 4 is 39.4 Å². The Balaban J connectivity index is 1.64. The topological polar surface area (TPSA) is 103 Å². The molecule has 43 heavy (non-hydrogen) atoms. The van der Waals surface area contributed by atoms with E-state index in [1.165, 1.54) is 13.1 Å². The van der Waals surface area contributed by atoms with Crippen molar-refractivity contribution < 1.29 is 31.9 Å². The molecule has 0 unspecified atom stereocenters. The van der Waals surface area contributed by atoms with E-state index in [0.717, 1.165) is 31.7 Å². The molecule has 13 heteroatoms. The smallest absolute Gasteiger partial charge is 0.343 e. The minimum absolute atomic E-state index is 0.0816. The highest BCUT2D eigenvalue weighted by molar-refractivity contribution is 6.03. The molecule has 0 bridgehead atoms. The lowest BCUT2D eigenvalue weighted by molar-refractivity contribution is 0.0524. The van der Waals surface area contributed by atoms with Crippen LogP contribution in [0.15, 0.2) is 40.2 Å². The first kappa shape index (κ1) is 29.8. The fraction of sp³-hybridized carbons (Fsp3) is 0.333. The first-order valence-corrected chi connectivity index (χ1v) is 13.9. The van der Waals surface area contributed by atoms with Gasteiger partial charge in [0.2, 0.25) is 10.9 Å². The predicted molar refractivity (Wildman–Crippen MR) is 152 cm³/mol. The summed E-state index contributed by atoms with van der Waals surface area (Å²) in [6.45, 7) is 4.71. The van der Waals surface area contributed by atoms with Crippen LogP contribution in [0.1, 0.15) is 60.2 Å². The summed E-state index contributed by atoms with van der Waals surface area (Å²) < 4.78 is 65.5. The molecular weight excluding hydrogens is 572 g/mol. The molecule has 9 nitrogen and oxygen atoms in total. The molecule has 0 saturated carbocycles. The van der Waals surface area contributed by atoms with Crippen molar-refractivity contribution in [1.29, 1.82) is 0 Å². The standard InChI is InChI=1S/C30H28F4N4O5/c1-3-36-14-18(27(39)16-11-20(31)23(13-22(16)36)37-9-7-5-6-8-10-37)29(41)35-38-15-19(30(42)43-4-2)28(40)17-12-21(32)24(33)25(34)26(17)38/h11-15H,3-10H2,1-2H3,(H,35,41). The molecule has 4 aromatic rings. The van der Waals surface area contributed by atoms with Crippen molar-refractivity contribution in [2.45, 2.75) is 46.1 Å². The molecule has 2 aromatic heterocycles. The van der Waals surface area contributed by atoms with E-state index in [0.29, 0.717) is 41.2 Å². The highest BCUT2D eigenvalue weighted by Gasteiger charge is 2.25. The average molecular weight is 601 g/mol. The van der Waals surface area contributed by atoms with Gasteiger partial charge in [-0.25, -0.2) is 22.4 Å². The Hall–Kier alpha value is -4.68. The first-order chi connectivity index (χ1) is 20.6. The number of nitrogens with zero attached hydrogens (tertiary/aromatic N) is 3. The van der Waals surface area contributed by atoms with Gasteiger partial charge < -0.3 is 14.2 Å². The Bertz CT molecular complexity index is 1890. The third kappa shape index (κ3) is 5.35. The molecule has 1 aliphatic rings. The number of nitrogens with one attached hydrogen (secondary N) is 1. The first-order valence-electron chi connectivity index (χ1n) is 13.9. The lowest BCUT2D eigenvalue weighted by Crippen LogP contribution is -2.32. The molecule has 0 atom stereocenters. The van der Waals surface area contributed by atoms with Crippen LogP contribution in [-0.4, -0.2) is 40.8 Å². The molecule has 0 aliphatic carbocycles. The number of carbonyl (C=O) groups excluding carboxylic acids is 2. The number of esters is 1. The van der Waals surface area contributed by atoms with Crippen LogP contribution in [0.3, 0.4) is 0 Å². The number of fused-ring (bicyclic) bond motifs is 2. The van der Waals surface area contributed by atoms with Crippen LogP contribution in [-0.2, 0) is 11.3 Å². The van der Waals surface area contributed by atoms with Gasteiger partial charge in [-0.15, -0.1) is 0 Å². The zero-order valence-electron chi connectivity index (χ0n) is 23.4. The Labute approximate surface area is 242 Å².